The van der Waals surface area contributed by atoms with Crippen molar-refractivity contribution in [2.45, 2.75) is 39.0 Å². The van der Waals surface area contributed by atoms with Gasteiger partial charge in [-0.2, -0.15) is 0 Å². The van der Waals surface area contributed by atoms with E-state index in [1.807, 2.05) is 6.07 Å². The van der Waals surface area contributed by atoms with Crippen LogP contribution >= 0.6 is 0 Å². The summed E-state index contributed by atoms with van der Waals surface area (Å²) < 4.78 is 24.4. The van der Waals surface area contributed by atoms with Gasteiger partial charge >= 0.3 is 0 Å². The van der Waals surface area contributed by atoms with Crippen LogP contribution in [-0.4, -0.2) is 25.4 Å². The molecule has 1 saturated heterocycles. The third kappa shape index (κ3) is 3.96. The highest BCUT2D eigenvalue weighted by Crippen LogP contribution is 2.20. The third-order valence-electron chi connectivity index (χ3n) is 2.84. The van der Waals surface area contributed by atoms with Gasteiger partial charge in [0.05, 0.1) is 13.2 Å². The molecule has 1 heterocycles. The number of hydrogen-bond acceptors (Lipinski definition) is 3. The minimum atomic E-state index is -0.257. The summed E-state index contributed by atoms with van der Waals surface area (Å²) in [4.78, 5) is 0. The largest absolute Gasteiger partial charge is 0.488 e. The molecule has 0 aromatic heterocycles. The quantitative estimate of drug-likeness (QED) is 0.874. The van der Waals surface area contributed by atoms with Crippen molar-refractivity contribution in [1.82, 2.24) is 5.32 Å². The fraction of sp³-hybridized carbons (Fsp3) is 0.571. The second-order valence-corrected chi connectivity index (χ2v) is 4.93. The summed E-state index contributed by atoms with van der Waals surface area (Å²) in [6.07, 6.45) is 0.925. The van der Waals surface area contributed by atoms with Gasteiger partial charge in [-0.1, -0.05) is 13.8 Å². The first-order valence-electron chi connectivity index (χ1n) is 6.41. The second kappa shape index (κ2) is 6.16. The molecule has 0 spiro atoms. The van der Waals surface area contributed by atoms with Gasteiger partial charge < -0.3 is 14.8 Å². The van der Waals surface area contributed by atoms with E-state index in [2.05, 4.69) is 19.2 Å². The summed E-state index contributed by atoms with van der Waals surface area (Å²) in [5.41, 5.74) is 0.901. The monoisotopic (exact) mass is 253 g/mol. The van der Waals surface area contributed by atoms with E-state index in [9.17, 15) is 4.39 Å². The molecule has 2 rings (SSSR count). The van der Waals surface area contributed by atoms with Crippen LogP contribution < -0.4 is 10.1 Å². The Hall–Kier alpha value is -1.13. The first-order chi connectivity index (χ1) is 8.63. The van der Waals surface area contributed by atoms with Gasteiger partial charge in [-0.05, 0) is 17.7 Å². The summed E-state index contributed by atoms with van der Waals surface area (Å²) in [6, 6.07) is 5.22. The van der Waals surface area contributed by atoms with E-state index in [4.69, 9.17) is 9.47 Å². The first kappa shape index (κ1) is 13.3. The van der Waals surface area contributed by atoms with Crippen LogP contribution in [0.2, 0.25) is 0 Å². The van der Waals surface area contributed by atoms with Crippen LogP contribution in [0.3, 0.4) is 0 Å². The van der Waals surface area contributed by atoms with Gasteiger partial charge in [-0.3, -0.25) is 0 Å². The van der Waals surface area contributed by atoms with Crippen molar-refractivity contribution in [3.05, 3.63) is 29.6 Å². The molecule has 0 bridgehead atoms. The van der Waals surface area contributed by atoms with Crippen LogP contribution in [0.4, 0.5) is 4.39 Å². The molecular formula is C14H20FNO2. The Balaban J connectivity index is 2.00. The average Bonchev–Trinajstić information content (AvgIpc) is 2.78. The standard InChI is InChI=1S/C14H20FNO2/c1-10(2)16-8-11-5-12(15)7-14(6-11)18-13-3-4-17-9-13/h5-7,10,13,16H,3-4,8-9H2,1-2H3. The number of hydrogen-bond donors (Lipinski definition) is 1. The van der Waals surface area contributed by atoms with Crippen molar-refractivity contribution < 1.29 is 13.9 Å². The van der Waals surface area contributed by atoms with Gasteiger partial charge in [0.1, 0.15) is 17.7 Å². The highest BCUT2D eigenvalue weighted by atomic mass is 19.1. The fourth-order valence-corrected chi connectivity index (χ4v) is 1.91. The smallest absolute Gasteiger partial charge is 0.127 e. The van der Waals surface area contributed by atoms with Gasteiger partial charge in [0.15, 0.2) is 0 Å². The van der Waals surface area contributed by atoms with E-state index in [1.54, 1.807) is 0 Å². The number of rotatable bonds is 5. The summed E-state index contributed by atoms with van der Waals surface area (Å²) >= 11 is 0. The van der Waals surface area contributed by atoms with Crippen LogP contribution in [0.1, 0.15) is 25.8 Å². The molecule has 100 valence electrons. The lowest BCUT2D eigenvalue weighted by Crippen LogP contribution is -2.22. The number of ether oxygens (including phenoxy) is 2. The van der Waals surface area contributed by atoms with Crippen molar-refractivity contribution in [2.24, 2.45) is 0 Å². The average molecular weight is 253 g/mol. The molecule has 1 atom stereocenters. The van der Waals surface area contributed by atoms with Crippen molar-refractivity contribution in [3.63, 3.8) is 0 Å². The lowest BCUT2D eigenvalue weighted by atomic mass is 10.2. The zero-order valence-electron chi connectivity index (χ0n) is 10.9. The van der Waals surface area contributed by atoms with Crippen molar-refractivity contribution in [3.8, 4) is 5.75 Å². The molecule has 1 fully saturated rings. The predicted molar refractivity (Wildman–Crippen MR) is 68.2 cm³/mol. The zero-order chi connectivity index (χ0) is 13.0. The molecular weight excluding hydrogens is 233 g/mol. The molecule has 1 N–H and O–H groups in total. The van der Waals surface area contributed by atoms with Crippen LogP contribution in [0, 0.1) is 5.82 Å². The highest BCUT2D eigenvalue weighted by Gasteiger charge is 2.17. The topological polar surface area (TPSA) is 30.5 Å². The molecule has 0 aliphatic carbocycles. The Morgan fingerprint density at radius 3 is 2.94 bits per heavy atom. The van der Waals surface area contributed by atoms with Gasteiger partial charge in [-0.25, -0.2) is 4.39 Å². The number of benzene rings is 1. The maximum Gasteiger partial charge on any atom is 0.127 e. The maximum absolute atomic E-state index is 13.5. The molecule has 0 amide bonds. The van der Waals surface area contributed by atoms with E-state index in [1.165, 1.54) is 12.1 Å². The van der Waals surface area contributed by atoms with Crippen molar-refractivity contribution in [2.75, 3.05) is 13.2 Å². The molecule has 1 aliphatic heterocycles. The van der Waals surface area contributed by atoms with E-state index in [0.717, 1.165) is 18.6 Å². The summed E-state index contributed by atoms with van der Waals surface area (Å²) in [7, 11) is 0. The second-order valence-electron chi connectivity index (χ2n) is 4.93. The molecule has 1 aliphatic rings. The summed E-state index contributed by atoms with van der Waals surface area (Å²) in [6.45, 7) is 6.09. The summed E-state index contributed by atoms with van der Waals surface area (Å²) in [5.74, 6) is 0.332. The van der Waals surface area contributed by atoms with Gasteiger partial charge in [-0.15, -0.1) is 0 Å². The van der Waals surface area contributed by atoms with Gasteiger partial charge in [0.2, 0.25) is 0 Å². The van der Waals surface area contributed by atoms with Crippen LogP contribution in [0.15, 0.2) is 18.2 Å². The van der Waals surface area contributed by atoms with E-state index < -0.39 is 0 Å². The van der Waals surface area contributed by atoms with Gasteiger partial charge in [0, 0.05) is 25.1 Å². The normalized spacial score (nSPS) is 19.4. The van der Waals surface area contributed by atoms with E-state index in [0.29, 0.717) is 24.9 Å². The number of nitrogens with one attached hydrogen (secondary N) is 1. The fourth-order valence-electron chi connectivity index (χ4n) is 1.91. The molecule has 1 aromatic rings. The minimum Gasteiger partial charge on any atom is -0.488 e. The molecule has 3 nitrogen and oxygen atoms in total. The lowest BCUT2D eigenvalue weighted by molar-refractivity contribution is 0.141. The Morgan fingerprint density at radius 2 is 2.28 bits per heavy atom. The molecule has 18 heavy (non-hydrogen) atoms. The van der Waals surface area contributed by atoms with E-state index in [-0.39, 0.29) is 11.9 Å². The van der Waals surface area contributed by atoms with Crippen LogP contribution in [0.5, 0.6) is 5.75 Å². The predicted octanol–water partition coefficient (Wildman–Crippen LogP) is 2.49. The maximum atomic E-state index is 13.5. The third-order valence-corrected chi connectivity index (χ3v) is 2.84. The Morgan fingerprint density at radius 1 is 1.44 bits per heavy atom. The SMILES string of the molecule is CC(C)NCc1cc(F)cc(OC2CCOC2)c1. The number of halogens is 1. The molecule has 1 aromatic carbocycles. The van der Waals surface area contributed by atoms with Crippen LogP contribution in [-0.2, 0) is 11.3 Å². The molecule has 0 saturated carbocycles. The Kier molecular flexibility index (Phi) is 4.55. The summed E-state index contributed by atoms with van der Waals surface area (Å²) in [5, 5.41) is 3.26. The van der Waals surface area contributed by atoms with Crippen molar-refractivity contribution in [1.29, 1.82) is 0 Å². The molecule has 4 heteroatoms. The van der Waals surface area contributed by atoms with E-state index >= 15 is 0 Å². The van der Waals surface area contributed by atoms with Crippen molar-refractivity contribution >= 4 is 0 Å². The Labute approximate surface area is 107 Å². The zero-order valence-corrected chi connectivity index (χ0v) is 10.9. The molecule has 0 radical (unpaired) electrons. The first-order valence-corrected chi connectivity index (χ1v) is 6.41. The minimum absolute atomic E-state index is 0.0534. The highest BCUT2D eigenvalue weighted by molar-refractivity contribution is 5.30. The lowest BCUT2D eigenvalue weighted by Gasteiger charge is -2.14. The Bertz CT molecular complexity index is 389. The molecule has 1 unspecified atom stereocenters. The van der Waals surface area contributed by atoms with Crippen LogP contribution in [0.25, 0.3) is 0 Å². The van der Waals surface area contributed by atoms with Gasteiger partial charge in [0.25, 0.3) is 0 Å².